The van der Waals surface area contributed by atoms with Crippen molar-refractivity contribution in [2.45, 2.75) is 31.6 Å². The van der Waals surface area contributed by atoms with Gasteiger partial charge >= 0.3 is 0 Å². The quantitative estimate of drug-likeness (QED) is 0.438. The van der Waals surface area contributed by atoms with Crippen LogP contribution >= 0.6 is 0 Å². The van der Waals surface area contributed by atoms with Gasteiger partial charge in [0.25, 0.3) is 0 Å². The Hall–Kier alpha value is -3.55. The van der Waals surface area contributed by atoms with E-state index < -0.39 is 23.7 Å². The van der Waals surface area contributed by atoms with Gasteiger partial charge in [-0.25, -0.2) is 15.0 Å². The Morgan fingerprint density at radius 3 is 2.77 bits per heavy atom. The molecule has 3 aromatic heterocycles. The summed E-state index contributed by atoms with van der Waals surface area (Å²) in [4.78, 5) is 29.4. The first-order chi connectivity index (χ1) is 14.9. The van der Waals surface area contributed by atoms with E-state index in [0.717, 1.165) is 0 Å². The van der Waals surface area contributed by atoms with Gasteiger partial charge in [-0.2, -0.15) is 0 Å². The molecule has 2 saturated carbocycles. The number of pyridine rings is 1. The number of fused-ring (bicyclic) bond motifs is 2. The van der Waals surface area contributed by atoms with Crippen molar-refractivity contribution in [1.82, 2.24) is 24.5 Å². The summed E-state index contributed by atoms with van der Waals surface area (Å²) in [6, 6.07) is 0.950. The monoisotopic (exact) mass is 420 g/mol. The Labute approximate surface area is 177 Å². The molecule has 0 amide bonds. The first kappa shape index (κ1) is 19.4. The summed E-state index contributed by atoms with van der Waals surface area (Å²) in [6.07, 6.45) is 2.66. The van der Waals surface area contributed by atoms with Gasteiger partial charge in [0.1, 0.15) is 17.6 Å². The van der Waals surface area contributed by atoms with Crippen LogP contribution in [0.15, 0.2) is 24.8 Å². The van der Waals surface area contributed by atoms with Gasteiger partial charge in [-0.15, -0.1) is 0 Å². The lowest BCUT2D eigenvalue weighted by atomic mass is 9.95. The van der Waals surface area contributed by atoms with E-state index in [0.29, 0.717) is 29.0 Å². The summed E-state index contributed by atoms with van der Waals surface area (Å²) < 4.78 is 1.70. The number of nitrogens with one attached hydrogen (secondary N) is 1. The highest BCUT2D eigenvalue weighted by Crippen LogP contribution is 2.68. The van der Waals surface area contributed by atoms with Gasteiger partial charge in [0, 0.05) is 18.8 Å². The van der Waals surface area contributed by atoms with E-state index in [1.54, 1.807) is 17.9 Å². The topological polar surface area (TPSA) is 146 Å². The number of aromatic hydroxyl groups is 1. The third-order valence-electron chi connectivity index (χ3n) is 6.35. The molecule has 3 aromatic rings. The number of ketones is 1. The first-order valence-corrected chi connectivity index (χ1v) is 9.82. The zero-order valence-electron chi connectivity index (χ0n) is 16.8. The highest BCUT2D eigenvalue weighted by Gasteiger charge is 2.74. The molecule has 2 unspecified atom stereocenters. The first-order valence-electron chi connectivity index (χ1n) is 9.82. The van der Waals surface area contributed by atoms with Gasteiger partial charge in [-0.05, 0) is 31.2 Å². The fourth-order valence-electron chi connectivity index (χ4n) is 4.76. The molecule has 5 rings (SSSR count). The largest absolute Gasteiger partial charge is 0.506 e. The van der Waals surface area contributed by atoms with Crippen molar-refractivity contribution in [3.8, 4) is 17.6 Å². The Morgan fingerprint density at radius 2 is 2.10 bits per heavy atom. The summed E-state index contributed by atoms with van der Waals surface area (Å²) in [5.41, 5.74) is 0.543. The van der Waals surface area contributed by atoms with Gasteiger partial charge in [0.15, 0.2) is 17.0 Å². The van der Waals surface area contributed by atoms with Crippen LogP contribution in [0.2, 0.25) is 0 Å². The number of aliphatic hydroxyl groups is 2. The molecule has 3 heterocycles. The van der Waals surface area contributed by atoms with Crippen LogP contribution in [0.1, 0.15) is 30.8 Å². The third kappa shape index (κ3) is 2.78. The van der Waals surface area contributed by atoms with Crippen LogP contribution in [-0.2, 0) is 4.79 Å². The molecule has 4 N–H and O–H groups in total. The van der Waals surface area contributed by atoms with E-state index in [1.165, 1.54) is 25.4 Å². The number of hydrogen-bond donors (Lipinski definition) is 4. The number of imidazole rings is 1. The molecule has 0 bridgehead atoms. The Balaban J connectivity index is 1.59. The summed E-state index contributed by atoms with van der Waals surface area (Å²) in [7, 11) is 1.70. The Bertz CT molecular complexity index is 1280. The fourth-order valence-corrected chi connectivity index (χ4v) is 4.76. The minimum absolute atomic E-state index is 0.00401. The lowest BCUT2D eigenvalue weighted by Gasteiger charge is -2.23. The number of nitrogens with zero attached hydrogens (tertiary/aromatic N) is 5. The summed E-state index contributed by atoms with van der Waals surface area (Å²) in [6.45, 7) is 1.45. The van der Waals surface area contributed by atoms with Gasteiger partial charge in [-0.1, -0.05) is 5.92 Å². The van der Waals surface area contributed by atoms with E-state index in [-0.39, 0.29) is 23.3 Å². The maximum atomic E-state index is 12.2. The summed E-state index contributed by atoms with van der Waals surface area (Å²) in [5, 5.41) is 33.8. The standard InChI is InChI=1S/C21H20N6O4/c1-10(28)21-6-13(21)16(17(30)18(21)31)27-9-24-15-19(22-2)25-14(26-20(15)27)4-3-11-5-12(29)8-23-7-11/h5,7-9,13,16-18,29-31H,6H2,1-2H3,(H,22,25,26)/t13?,16-,17+,18?,21+/m1/s1. The molecule has 158 valence electrons. The van der Waals surface area contributed by atoms with Crippen LogP contribution in [-0.4, -0.2) is 64.9 Å². The molecule has 0 aliphatic heterocycles. The maximum Gasteiger partial charge on any atom is 0.209 e. The predicted molar refractivity (Wildman–Crippen MR) is 109 cm³/mol. The number of rotatable bonds is 3. The second-order valence-corrected chi connectivity index (χ2v) is 7.98. The predicted octanol–water partition coefficient (Wildman–Crippen LogP) is 0.240. The molecule has 0 spiro atoms. The van der Waals surface area contributed by atoms with Crippen molar-refractivity contribution < 1.29 is 20.1 Å². The Morgan fingerprint density at radius 1 is 1.29 bits per heavy atom. The van der Waals surface area contributed by atoms with Gasteiger partial charge in [0.05, 0.1) is 30.1 Å². The van der Waals surface area contributed by atoms with Crippen LogP contribution in [0, 0.1) is 23.2 Å². The number of hydrogen-bond acceptors (Lipinski definition) is 9. The average Bonchev–Trinajstić information content (AvgIpc) is 3.30. The van der Waals surface area contributed by atoms with E-state index >= 15 is 0 Å². The summed E-state index contributed by atoms with van der Waals surface area (Å²) >= 11 is 0. The minimum Gasteiger partial charge on any atom is -0.506 e. The number of carbonyl (C=O) groups is 1. The molecule has 2 aliphatic carbocycles. The maximum absolute atomic E-state index is 12.2. The molecule has 0 aromatic carbocycles. The second-order valence-electron chi connectivity index (χ2n) is 7.98. The van der Waals surface area contributed by atoms with Crippen molar-refractivity contribution in [1.29, 1.82) is 0 Å². The van der Waals surface area contributed by atoms with Crippen LogP contribution in [0.4, 0.5) is 5.82 Å². The number of anilines is 1. The number of carbonyl (C=O) groups excluding carboxylic acids is 1. The summed E-state index contributed by atoms with van der Waals surface area (Å²) in [5.74, 6) is 6.10. The number of Topliss-reactive ketones (excluding diaryl/α,β-unsaturated/α-hetero) is 1. The molecule has 2 fully saturated rings. The molecule has 5 atom stereocenters. The number of aromatic nitrogens is 5. The molecular weight excluding hydrogens is 400 g/mol. The second kappa shape index (κ2) is 6.73. The molecule has 2 aliphatic rings. The van der Waals surface area contributed by atoms with E-state index in [1.807, 2.05) is 0 Å². The average molecular weight is 420 g/mol. The van der Waals surface area contributed by atoms with Crippen LogP contribution in [0.5, 0.6) is 5.75 Å². The van der Waals surface area contributed by atoms with Gasteiger partial charge < -0.3 is 25.2 Å². The molecule has 31 heavy (non-hydrogen) atoms. The normalized spacial score (nSPS) is 28.6. The van der Waals surface area contributed by atoms with Crippen LogP contribution < -0.4 is 5.32 Å². The van der Waals surface area contributed by atoms with Crippen LogP contribution in [0.3, 0.4) is 0 Å². The van der Waals surface area contributed by atoms with Crippen molar-refractivity contribution in [2.24, 2.45) is 11.3 Å². The highest BCUT2D eigenvalue weighted by molar-refractivity contribution is 5.88. The van der Waals surface area contributed by atoms with Gasteiger partial charge in [-0.3, -0.25) is 9.78 Å². The zero-order valence-corrected chi connectivity index (χ0v) is 16.8. The minimum atomic E-state index is -1.12. The SMILES string of the molecule is CNc1nc(C#Cc2cncc(O)c2)nc2c1ncn2[C@@H]1C2C[C@@]2(C(C)=O)C(O)[C@H]1O. The molecular formula is C21H20N6O4. The number of aliphatic hydroxyl groups excluding tert-OH is 2. The van der Waals surface area contributed by atoms with Crippen molar-refractivity contribution >= 4 is 22.8 Å². The lowest BCUT2D eigenvalue weighted by molar-refractivity contribution is -0.128. The highest BCUT2D eigenvalue weighted by atomic mass is 16.3. The van der Waals surface area contributed by atoms with Crippen molar-refractivity contribution in [3.63, 3.8) is 0 Å². The molecule has 10 nitrogen and oxygen atoms in total. The molecule has 0 radical (unpaired) electrons. The van der Waals surface area contributed by atoms with E-state index in [9.17, 15) is 20.1 Å². The van der Waals surface area contributed by atoms with E-state index in [2.05, 4.69) is 37.1 Å². The smallest absolute Gasteiger partial charge is 0.209 e. The Kier molecular flexibility index (Phi) is 4.22. The van der Waals surface area contributed by atoms with Crippen molar-refractivity contribution in [2.75, 3.05) is 12.4 Å². The van der Waals surface area contributed by atoms with Crippen molar-refractivity contribution in [3.05, 3.63) is 36.2 Å². The fraction of sp³-hybridized carbons (Fsp3) is 0.381. The zero-order chi connectivity index (χ0) is 21.9. The van der Waals surface area contributed by atoms with Gasteiger partial charge in [0.2, 0.25) is 5.82 Å². The molecule has 10 heteroatoms. The van der Waals surface area contributed by atoms with Crippen LogP contribution in [0.25, 0.3) is 11.2 Å². The third-order valence-corrected chi connectivity index (χ3v) is 6.35. The lowest BCUT2D eigenvalue weighted by Crippen LogP contribution is -2.36. The molecule has 0 saturated heterocycles. The van der Waals surface area contributed by atoms with E-state index in [4.69, 9.17) is 0 Å².